The van der Waals surface area contributed by atoms with Crippen molar-refractivity contribution < 1.29 is 19.1 Å². The fourth-order valence-electron chi connectivity index (χ4n) is 0.263. The maximum Gasteiger partial charge on any atom is 0.305 e. The number of carbonyl (C=O) groups is 2. The molecule has 0 aliphatic carbocycles. The van der Waals surface area contributed by atoms with Crippen LogP contribution in [0.5, 0.6) is 0 Å². The highest BCUT2D eigenvalue weighted by molar-refractivity contribution is 5.68. The predicted octanol–water partition coefficient (Wildman–Crippen LogP) is 1.14. The molecule has 0 aliphatic rings. The van der Waals surface area contributed by atoms with Crippen LogP contribution >= 0.6 is 0 Å². The van der Waals surface area contributed by atoms with Gasteiger partial charge in [0.25, 0.3) is 0 Å². The summed E-state index contributed by atoms with van der Waals surface area (Å²) in [7, 11) is 1.35. The molecule has 0 N–H and O–H groups in total. The van der Waals surface area contributed by atoms with E-state index in [1.165, 1.54) is 14.0 Å². The van der Waals surface area contributed by atoms with E-state index in [2.05, 4.69) is 9.47 Å². The molecule has 0 aromatic heterocycles. The molecular formula is C8H16O4. The molecule has 0 aromatic rings. The largest absolute Gasteiger partial charge is 0.469 e. The number of esters is 2. The van der Waals surface area contributed by atoms with Crippen molar-refractivity contribution >= 4 is 11.9 Å². The van der Waals surface area contributed by atoms with Crippen LogP contribution in [0.3, 0.4) is 0 Å². The molecule has 72 valence electrons. The van der Waals surface area contributed by atoms with Crippen molar-refractivity contribution in [1.82, 2.24) is 0 Å². The molecule has 0 saturated carbocycles. The molecule has 0 saturated heterocycles. The quantitative estimate of drug-likeness (QED) is 0.592. The third-order valence-corrected chi connectivity index (χ3v) is 0.881. The van der Waals surface area contributed by atoms with Gasteiger partial charge in [0.2, 0.25) is 0 Å². The lowest BCUT2D eigenvalue weighted by atomic mass is 10.5. The van der Waals surface area contributed by atoms with E-state index in [4.69, 9.17) is 0 Å². The van der Waals surface area contributed by atoms with E-state index in [0.29, 0.717) is 13.0 Å². The first kappa shape index (κ1) is 13.5. The van der Waals surface area contributed by atoms with Crippen LogP contribution in [-0.4, -0.2) is 25.7 Å². The number of methoxy groups -OCH3 is 1. The number of hydrogen-bond acceptors (Lipinski definition) is 4. The molecular weight excluding hydrogens is 160 g/mol. The molecule has 0 aliphatic heterocycles. The molecule has 0 unspecified atom stereocenters. The SMILES string of the molecule is CCOC(=O)CC.COC(C)=O. The Labute approximate surface area is 72.8 Å². The van der Waals surface area contributed by atoms with Crippen LogP contribution in [0.1, 0.15) is 27.2 Å². The topological polar surface area (TPSA) is 52.6 Å². The maximum absolute atomic E-state index is 10.2. The summed E-state index contributed by atoms with van der Waals surface area (Å²) in [4.78, 5) is 19.8. The molecule has 0 atom stereocenters. The van der Waals surface area contributed by atoms with Crippen LogP contribution < -0.4 is 0 Å². The van der Waals surface area contributed by atoms with E-state index in [9.17, 15) is 9.59 Å². The molecule has 12 heavy (non-hydrogen) atoms. The number of rotatable bonds is 2. The lowest BCUT2D eigenvalue weighted by Gasteiger charge is -1.93. The third kappa shape index (κ3) is 16.0. The first-order valence-electron chi connectivity index (χ1n) is 3.78. The zero-order chi connectivity index (χ0) is 9.98. The Balaban J connectivity index is 0. The van der Waals surface area contributed by atoms with Gasteiger partial charge in [0.05, 0.1) is 13.7 Å². The van der Waals surface area contributed by atoms with Crippen molar-refractivity contribution in [3.63, 3.8) is 0 Å². The van der Waals surface area contributed by atoms with E-state index in [-0.39, 0.29) is 11.9 Å². The molecule has 0 radical (unpaired) electrons. The number of hydrogen-bond donors (Lipinski definition) is 0. The highest BCUT2D eigenvalue weighted by Gasteiger charge is 1.91. The van der Waals surface area contributed by atoms with Gasteiger partial charge in [-0.3, -0.25) is 9.59 Å². The van der Waals surface area contributed by atoms with Gasteiger partial charge in [-0.25, -0.2) is 0 Å². The Morgan fingerprint density at radius 3 is 1.75 bits per heavy atom. The minimum Gasteiger partial charge on any atom is -0.469 e. The summed E-state index contributed by atoms with van der Waals surface area (Å²) in [6.45, 7) is 5.43. The zero-order valence-corrected chi connectivity index (χ0v) is 8.05. The summed E-state index contributed by atoms with van der Waals surface area (Å²) in [6.07, 6.45) is 0.480. The zero-order valence-electron chi connectivity index (χ0n) is 8.05. The highest BCUT2D eigenvalue weighted by Crippen LogP contribution is 1.80. The van der Waals surface area contributed by atoms with Crippen LogP contribution in [0.15, 0.2) is 0 Å². The molecule has 0 amide bonds. The summed E-state index contributed by atoms with van der Waals surface area (Å²) >= 11 is 0. The Kier molecular flexibility index (Phi) is 11.2. The normalized spacial score (nSPS) is 7.67. The van der Waals surface area contributed by atoms with Gasteiger partial charge >= 0.3 is 11.9 Å². The van der Waals surface area contributed by atoms with Crippen LogP contribution in [-0.2, 0) is 19.1 Å². The lowest BCUT2D eigenvalue weighted by Crippen LogP contribution is -2.00. The average molecular weight is 176 g/mol. The van der Waals surface area contributed by atoms with Gasteiger partial charge in [-0.05, 0) is 6.92 Å². The summed E-state index contributed by atoms with van der Waals surface area (Å²) in [6, 6.07) is 0. The second-order valence-corrected chi connectivity index (χ2v) is 1.85. The molecule has 0 spiro atoms. The van der Waals surface area contributed by atoms with E-state index in [0.717, 1.165) is 0 Å². The van der Waals surface area contributed by atoms with Gasteiger partial charge in [0, 0.05) is 13.3 Å². The molecule has 0 fully saturated rings. The monoisotopic (exact) mass is 176 g/mol. The van der Waals surface area contributed by atoms with Crippen LogP contribution in [0.25, 0.3) is 0 Å². The van der Waals surface area contributed by atoms with Gasteiger partial charge < -0.3 is 9.47 Å². The van der Waals surface area contributed by atoms with Crippen molar-refractivity contribution in [2.75, 3.05) is 13.7 Å². The van der Waals surface area contributed by atoms with Crippen LogP contribution in [0.4, 0.5) is 0 Å². The second-order valence-electron chi connectivity index (χ2n) is 1.85. The first-order chi connectivity index (χ1) is 5.58. The minimum absolute atomic E-state index is 0.123. The lowest BCUT2D eigenvalue weighted by molar-refractivity contribution is -0.142. The molecule has 0 bridgehead atoms. The van der Waals surface area contributed by atoms with Crippen molar-refractivity contribution in [1.29, 1.82) is 0 Å². The fourth-order valence-corrected chi connectivity index (χ4v) is 0.263. The summed E-state index contributed by atoms with van der Waals surface area (Å²) in [5, 5.41) is 0. The van der Waals surface area contributed by atoms with Crippen LogP contribution in [0.2, 0.25) is 0 Å². The molecule has 0 aromatic carbocycles. The Bertz CT molecular complexity index is 131. The Morgan fingerprint density at radius 1 is 1.25 bits per heavy atom. The third-order valence-electron chi connectivity index (χ3n) is 0.881. The first-order valence-corrected chi connectivity index (χ1v) is 3.78. The number of carbonyl (C=O) groups excluding carboxylic acids is 2. The second kappa shape index (κ2) is 9.94. The van der Waals surface area contributed by atoms with Crippen molar-refractivity contribution in [2.24, 2.45) is 0 Å². The van der Waals surface area contributed by atoms with Crippen LogP contribution in [0, 0.1) is 0 Å². The van der Waals surface area contributed by atoms with Crippen molar-refractivity contribution in [3.05, 3.63) is 0 Å². The van der Waals surface area contributed by atoms with Crippen molar-refractivity contribution in [3.8, 4) is 0 Å². The van der Waals surface area contributed by atoms with Gasteiger partial charge in [0.1, 0.15) is 0 Å². The van der Waals surface area contributed by atoms with Gasteiger partial charge in [-0.2, -0.15) is 0 Å². The van der Waals surface area contributed by atoms with E-state index in [1.807, 2.05) is 0 Å². The van der Waals surface area contributed by atoms with E-state index < -0.39 is 0 Å². The average Bonchev–Trinajstić information content (AvgIpc) is 2.06. The van der Waals surface area contributed by atoms with Gasteiger partial charge in [-0.1, -0.05) is 6.92 Å². The molecule has 0 rings (SSSR count). The van der Waals surface area contributed by atoms with E-state index >= 15 is 0 Å². The van der Waals surface area contributed by atoms with E-state index in [1.54, 1.807) is 13.8 Å². The van der Waals surface area contributed by atoms with Gasteiger partial charge in [0.15, 0.2) is 0 Å². The maximum atomic E-state index is 10.2. The molecule has 4 nitrogen and oxygen atoms in total. The Hall–Kier alpha value is -1.06. The summed E-state index contributed by atoms with van der Waals surface area (Å²) in [5.74, 6) is -0.368. The number of ether oxygens (including phenoxy) is 2. The molecule has 0 heterocycles. The fraction of sp³-hybridized carbons (Fsp3) is 0.750. The summed E-state index contributed by atoms with van der Waals surface area (Å²) in [5.41, 5.74) is 0. The van der Waals surface area contributed by atoms with Gasteiger partial charge in [-0.15, -0.1) is 0 Å². The highest BCUT2D eigenvalue weighted by atomic mass is 16.5. The Morgan fingerprint density at radius 2 is 1.67 bits per heavy atom. The minimum atomic E-state index is -0.245. The summed E-state index contributed by atoms with van der Waals surface area (Å²) < 4.78 is 8.66. The molecule has 4 heteroatoms. The predicted molar refractivity (Wildman–Crippen MR) is 44.6 cm³/mol. The smallest absolute Gasteiger partial charge is 0.305 e. The van der Waals surface area contributed by atoms with Crippen molar-refractivity contribution in [2.45, 2.75) is 27.2 Å². The standard InChI is InChI=1S/C5H10O2.C3H6O2/c1-3-5(6)7-4-2;1-3(4)5-2/h3-4H2,1-2H3;1-2H3.